The SMILES string of the molecule is Cc1cc(NC(=O)C[NH2+]CC2CCCCC2)no1. The third-order valence-corrected chi connectivity index (χ3v) is 3.45. The molecule has 2 rings (SSSR count). The number of quaternary nitrogens is 1. The Morgan fingerprint density at radius 1 is 1.50 bits per heavy atom. The molecule has 1 aromatic heterocycles. The zero-order valence-electron chi connectivity index (χ0n) is 10.9. The average molecular weight is 252 g/mol. The van der Waals surface area contributed by atoms with Gasteiger partial charge in [0.25, 0.3) is 5.91 Å². The maximum Gasteiger partial charge on any atom is 0.280 e. The van der Waals surface area contributed by atoms with E-state index in [2.05, 4.69) is 15.8 Å². The van der Waals surface area contributed by atoms with Crippen LogP contribution in [0.3, 0.4) is 0 Å². The first-order valence-electron chi connectivity index (χ1n) is 6.79. The highest BCUT2D eigenvalue weighted by Crippen LogP contribution is 2.21. The Labute approximate surface area is 107 Å². The Bertz CT molecular complexity index is 383. The summed E-state index contributed by atoms with van der Waals surface area (Å²) in [5.74, 6) is 1.99. The largest absolute Gasteiger partial charge is 0.360 e. The Hall–Kier alpha value is -1.36. The topological polar surface area (TPSA) is 71.7 Å². The number of anilines is 1. The van der Waals surface area contributed by atoms with Crippen molar-refractivity contribution in [2.24, 2.45) is 5.92 Å². The summed E-state index contributed by atoms with van der Waals surface area (Å²) in [5, 5.41) is 8.55. The molecule has 0 aliphatic heterocycles. The monoisotopic (exact) mass is 252 g/mol. The lowest BCUT2D eigenvalue weighted by atomic mass is 9.89. The standard InChI is InChI=1S/C13H21N3O2/c1-10-7-12(16-18-10)15-13(17)9-14-8-11-5-3-2-4-6-11/h7,11,14H,2-6,8-9H2,1H3,(H,15,16,17)/p+1. The molecular formula is C13H22N3O2+. The fraction of sp³-hybridized carbons (Fsp3) is 0.692. The molecule has 100 valence electrons. The first-order valence-corrected chi connectivity index (χ1v) is 6.79. The predicted molar refractivity (Wildman–Crippen MR) is 68.1 cm³/mol. The summed E-state index contributed by atoms with van der Waals surface area (Å²) in [6.45, 7) is 3.32. The Kier molecular flexibility index (Phi) is 4.75. The fourth-order valence-corrected chi connectivity index (χ4v) is 2.49. The Morgan fingerprint density at radius 3 is 2.94 bits per heavy atom. The molecule has 0 radical (unpaired) electrons. The number of nitrogens with one attached hydrogen (secondary N) is 1. The number of nitrogens with zero attached hydrogens (tertiary/aromatic N) is 1. The van der Waals surface area contributed by atoms with Gasteiger partial charge in [0.1, 0.15) is 5.76 Å². The molecule has 0 aromatic carbocycles. The van der Waals surface area contributed by atoms with Crippen molar-refractivity contribution >= 4 is 11.7 Å². The minimum Gasteiger partial charge on any atom is -0.360 e. The second-order valence-corrected chi connectivity index (χ2v) is 5.10. The van der Waals surface area contributed by atoms with Gasteiger partial charge in [-0.3, -0.25) is 4.79 Å². The number of amides is 1. The quantitative estimate of drug-likeness (QED) is 0.823. The van der Waals surface area contributed by atoms with Gasteiger partial charge < -0.3 is 15.2 Å². The predicted octanol–water partition coefficient (Wildman–Crippen LogP) is 1.07. The van der Waals surface area contributed by atoms with Crippen molar-refractivity contribution in [3.05, 3.63) is 11.8 Å². The molecule has 3 N–H and O–H groups in total. The zero-order valence-corrected chi connectivity index (χ0v) is 10.9. The van der Waals surface area contributed by atoms with Gasteiger partial charge in [-0.05, 0) is 19.8 Å². The van der Waals surface area contributed by atoms with E-state index >= 15 is 0 Å². The molecule has 1 saturated carbocycles. The van der Waals surface area contributed by atoms with E-state index in [0.29, 0.717) is 18.1 Å². The summed E-state index contributed by atoms with van der Waals surface area (Å²) in [5.41, 5.74) is 0. The molecule has 0 atom stereocenters. The van der Waals surface area contributed by atoms with Gasteiger partial charge in [0.05, 0.1) is 6.54 Å². The summed E-state index contributed by atoms with van der Waals surface area (Å²) in [6.07, 6.45) is 6.72. The first kappa shape index (κ1) is 13.1. The summed E-state index contributed by atoms with van der Waals surface area (Å²) in [4.78, 5) is 11.6. The summed E-state index contributed by atoms with van der Waals surface area (Å²) in [6, 6.07) is 1.72. The molecule has 5 heteroatoms. The highest BCUT2D eigenvalue weighted by molar-refractivity contribution is 5.90. The highest BCUT2D eigenvalue weighted by Gasteiger charge is 2.15. The van der Waals surface area contributed by atoms with E-state index in [1.54, 1.807) is 13.0 Å². The molecule has 5 nitrogen and oxygen atoms in total. The molecule has 1 aliphatic carbocycles. The maximum atomic E-state index is 11.6. The van der Waals surface area contributed by atoms with Crippen molar-refractivity contribution < 1.29 is 14.6 Å². The van der Waals surface area contributed by atoms with Crippen molar-refractivity contribution in [2.75, 3.05) is 18.4 Å². The molecule has 18 heavy (non-hydrogen) atoms. The minimum absolute atomic E-state index is 0.0147. The van der Waals surface area contributed by atoms with Gasteiger partial charge in [0.15, 0.2) is 12.4 Å². The number of aromatic nitrogens is 1. The molecule has 1 fully saturated rings. The number of carbonyl (C=O) groups is 1. The fourth-order valence-electron chi connectivity index (χ4n) is 2.49. The lowest BCUT2D eigenvalue weighted by Crippen LogP contribution is -2.87. The maximum absolute atomic E-state index is 11.6. The summed E-state index contributed by atoms with van der Waals surface area (Å²) >= 11 is 0. The molecule has 0 unspecified atom stereocenters. The van der Waals surface area contributed by atoms with E-state index in [1.165, 1.54) is 32.1 Å². The highest BCUT2D eigenvalue weighted by atomic mass is 16.5. The van der Waals surface area contributed by atoms with Gasteiger partial charge in [0.2, 0.25) is 0 Å². The van der Waals surface area contributed by atoms with E-state index in [-0.39, 0.29) is 5.91 Å². The Morgan fingerprint density at radius 2 is 2.28 bits per heavy atom. The van der Waals surface area contributed by atoms with Crippen LogP contribution in [0.4, 0.5) is 5.82 Å². The number of carbonyl (C=O) groups excluding carboxylic acids is 1. The van der Waals surface area contributed by atoms with Crippen LogP contribution in [-0.2, 0) is 4.79 Å². The molecule has 0 bridgehead atoms. The van der Waals surface area contributed by atoms with E-state index in [1.807, 2.05) is 0 Å². The van der Waals surface area contributed by atoms with Crippen molar-refractivity contribution in [1.29, 1.82) is 0 Å². The molecule has 1 amide bonds. The van der Waals surface area contributed by atoms with E-state index < -0.39 is 0 Å². The zero-order chi connectivity index (χ0) is 12.8. The lowest BCUT2D eigenvalue weighted by molar-refractivity contribution is -0.649. The molecule has 0 saturated heterocycles. The summed E-state index contributed by atoms with van der Waals surface area (Å²) in [7, 11) is 0. The van der Waals surface area contributed by atoms with Crippen LogP contribution in [-0.4, -0.2) is 24.2 Å². The van der Waals surface area contributed by atoms with Gasteiger partial charge in [0, 0.05) is 12.0 Å². The normalized spacial score (nSPS) is 16.7. The third kappa shape index (κ3) is 4.14. The van der Waals surface area contributed by atoms with Crippen molar-refractivity contribution in [3.63, 3.8) is 0 Å². The number of hydrogen-bond acceptors (Lipinski definition) is 3. The van der Waals surface area contributed by atoms with Gasteiger partial charge >= 0.3 is 0 Å². The molecule has 1 aromatic rings. The van der Waals surface area contributed by atoms with Gasteiger partial charge in [-0.1, -0.05) is 24.4 Å². The van der Waals surface area contributed by atoms with E-state index in [0.717, 1.165) is 12.5 Å². The van der Waals surface area contributed by atoms with Crippen LogP contribution in [0.2, 0.25) is 0 Å². The van der Waals surface area contributed by atoms with Gasteiger partial charge in [-0.2, -0.15) is 0 Å². The van der Waals surface area contributed by atoms with Gasteiger partial charge in [-0.25, -0.2) is 0 Å². The molecule has 1 heterocycles. The average Bonchev–Trinajstić information content (AvgIpc) is 2.76. The Balaban J connectivity index is 1.62. The number of rotatable bonds is 5. The second kappa shape index (κ2) is 6.54. The molecule has 0 spiro atoms. The minimum atomic E-state index is -0.0147. The van der Waals surface area contributed by atoms with Crippen LogP contribution >= 0.6 is 0 Å². The molecular weight excluding hydrogens is 230 g/mol. The summed E-state index contributed by atoms with van der Waals surface area (Å²) < 4.78 is 4.89. The van der Waals surface area contributed by atoms with Crippen LogP contribution in [0, 0.1) is 12.8 Å². The van der Waals surface area contributed by atoms with Crippen molar-refractivity contribution in [1.82, 2.24) is 5.16 Å². The van der Waals surface area contributed by atoms with Crippen molar-refractivity contribution in [3.8, 4) is 0 Å². The van der Waals surface area contributed by atoms with Crippen LogP contribution in [0.15, 0.2) is 10.6 Å². The third-order valence-electron chi connectivity index (χ3n) is 3.45. The number of hydrogen-bond donors (Lipinski definition) is 2. The van der Waals surface area contributed by atoms with Gasteiger partial charge in [-0.15, -0.1) is 0 Å². The van der Waals surface area contributed by atoms with E-state index in [9.17, 15) is 4.79 Å². The van der Waals surface area contributed by atoms with Crippen LogP contribution in [0.5, 0.6) is 0 Å². The first-order chi connectivity index (χ1) is 8.74. The second-order valence-electron chi connectivity index (χ2n) is 5.10. The van der Waals surface area contributed by atoms with Crippen LogP contribution < -0.4 is 10.6 Å². The van der Waals surface area contributed by atoms with Crippen LogP contribution in [0.25, 0.3) is 0 Å². The smallest absolute Gasteiger partial charge is 0.280 e. The number of aryl methyl sites for hydroxylation is 1. The lowest BCUT2D eigenvalue weighted by Gasteiger charge is -2.19. The van der Waals surface area contributed by atoms with Crippen molar-refractivity contribution in [2.45, 2.75) is 39.0 Å². The van der Waals surface area contributed by atoms with E-state index in [4.69, 9.17) is 4.52 Å². The van der Waals surface area contributed by atoms with Crippen LogP contribution in [0.1, 0.15) is 37.9 Å². The molecule has 1 aliphatic rings. The number of nitrogens with two attached hydrogens (primary N) is 1.